The van der Waals surface area contributed by atoms with Gasteiger partial charge in [0.2, 0.25) is 0 Å². The van der Waals surface area contributed by atoms with Crippen molar-refractivity contribution in [3.8, 4) is 5.75 Å². The quantitative estimate of drug-likeness (QED) is 0.388. The van der Waals surface area contributed by atoms with E-state index in [1.54, 1.807) is 12.1 Å². The van der Waals surface area contributed by atoms with Gasteiger partial charge in [-0.1, -0.05) is 46.6 Å². The molecule has 0 unspecified atom stereocenters. The Morgan fingerprint density at radius 1 is 1.15 bits per heavy atom. The van der Waals surface area contributed by atoms with Crippen molar-refractivity contribution in [3.05, 3.63) is 64.7 Å². The maximum absolute atomic E-state index is 8.67. The van der Waals surface area contributed by atoms with E-state index < -0.39 is 0 Å². The van der Waals surface area contributed by atoms with Crippen molar-refractivity contribution in [2.24, 2.45) is 10.9 Å². The van der Waals surface area contributed by atoms with Crippen molar-refractivity contribution in [2.75, 3.05) is 0 Å². The van der Waals surface area contributed by atoms with E-state index in [-0.39, 0.29) is 5.84 Å². The smallest absolute Gasteiger partial charge is 0.170 e. The van der Waals surface area contributed by atoms with Crippen LogP contribution in [0.2, 0.25) is 0 Å². The fraction of sp³-hybridized carbons (Fsp3) is 0.188. The fourth-order valence-electron chi connectivity index (χ4n) is 2.12. The third-order valence-corrected chi connectivity index (χ3v) is 2.92. The standard InChI is InChI=1S/C16H18N2O2/c1-11-6-12(2)8-13(7-11)10-20-15-5-3-4-14(9-15)16(17)18-19/h3-9,19H,10H2,1-2H3,(H2,17,18). The number of nitrogens with zero attached hydrogens (tertiary/aromatic N) is 1. The minimum absolute atomic E-state index is 0.0712. The van der Waals surface area contributed by atoms with Crippen LogP contribution >= 0.6 is 0 Å². The van der Waals surface area contributed by atoms with Crippen LogP contribution in [0.5, 0.6) is 5.75 Å². The second kappa shape index (κ2) is 6.10. The summed E-state index contributed by atoms with van der Waals surface area (Å²) in [7, 11) is 0. The molecular weight excluding hydrogens is 252 g/mol. The lowest BCUT2D eigenvalue weighted by atomic mass is 10.1. The number of benzene rings is 2. The Balaban J connectivity index is 2.11. The van der Waals surface area contributed by atoms with Crippen molar-refractivity contribution in [1.82, 2.24) is 0 Å². The zero-order valence-corrected chi connectivity index (χ0v) is 11.6. The average molecular weight is 270 g/mol. The highest BCUT2D eigenvalue weighted by Crippen LogP contribution is 2.16. The molecule has 0 amide bonds. The van der Waals surface area contributed by atoms with E-state index in [1.807, 2.05) is 12.1 Å². The van der Waals surface area contributed by atoms with E-state index in [0.717, 1.165) is 5.56 Å². The highest BCUT2D eigenvalue weighted by molar-refractivity contribution is 5.97. The van der Waals surface area contributed by atoms with Gasteiger partial charge >= 0.3 is 0 Å². The molecular formula is C16H18N2O2. The van der Waals surface area contributed by atoms with Gasteiger partial charge in [0.15, 0.2) is 5.84 Å². The van der Waals surface area contributed by atoms with Crippen LogP contribution in [0.3, 0.4) is 0 Å². The summed E-state index contributed by atoms with van der Waals surface area (Å²) in [4.78, 5) is 0. The van der Waals surface area contributed by atoms with Gasteiger partial charge in [-0.05, 0) is 31.5 Å². The number of nitrogens with two attached hydrogens (primary N) is 1. The molecule has 20 heavy (non-hydrogen) atoms. The highest BCUT2D eigenvalue weighted by atomic mass is 16.5. The second-order valence-electron chi connectivity index (χ2n) is 4.80. The Morgan fingerprint density at radius 3 is 2.50 bits per heavy atom. The summed E-state index contributed by atoms with van der Waals surface area (Å²) in [5.74, 6) is 0.759. The highest BCUT2D eigenvalue weighted by Gasteiger charge is 2.02. The molecule has 0 aliphatic rings. The predicted octanol–water partition coefficient (Wildman–Crippen LogP) is 2.98. The van der Waals surface area contributed by atoms with Crippen molar-refractivity contribution < 1.29 is 9.94 Å². The summed E-state index contributed by atoms with van der Waals surface area (Å²) in [6.45, 7) is 4.62. The minimum atomic E-state index is 0.0712. The lowest BCUT2D eigenvalue weighted by Crippen LogP contribution is -2.12. The Bertz CT molecular complexity index is 616. The number of ether oxygens (including phenoxy) is 1. The van der Waals surface area contributed by atoms with Gasteiger partial charge in [-0.25, -0.2) is 0 Å². The molecule has 2 aromatic rings. The van der Waals surface area contributed by atoms with Crippen LogP contribution in [0.15, 0.2) is 47.6 Å². The molecule has 2 aromatic carbocycles. The maximum atomic E-state index is 8.67. The first-order chi connectivity index (χ1) is 9.58. The fourth-order valence-corrected chi connectivity index (χ4v) is 2.12. The number of aryl methyl sites for hydroxylation is 2. The molecule has 0 aliphatic heterocycles. The monoisotopic (exact) mass is 270 g/mol. The molecule has 4 nitrogen and oxygen atoms in total. The molecule has 0 spiro atoms. The number of hydrogen-bond donors (Lipinski definition) is 2. The van der Waals surface area contributed by atoms with Crippen LogP contribution in [0.25, 0.3) is 0 Å². The van der Waals surface area contributed by atoms with E-state index in [4.69, 9.17) is 15.7 Å². The normalized spacial score (nSPS) is 11.4. The minimum Gasteiger partial charge on any atom is -0.489 e. The summed E-state index contributed by atoms with van der Waals surface area (Å²) in [6, 6.07) is 13.5. The van der Waals surface area contributed by atoms with Crippen LogP contribution in [0, 0.1) is 13.8 Å². The number of amidine groups is 1. The van der Waals surface area contributed by atoms with E-state index in [1.165, 1.54) is 11.1 Å². The number of hydrogen-bond acceptors (Lipinski definition) is 3. The van der Waals surface area contributed by atoms with Crippen molar-refractivity contribution in [2.45, 2.75) is 20.5 Å². The van der Waals surface area contributed by atoms with E-state index in [0.29, 0.717) is 17.9 Å². The van der Waals surface area contributed by atoms with Crippen LogP contribution in [0.4, 0.5) is 0 Å². The molecule has 0 saturated heterocycles. The van der Waals surface area contributed by atoms with Crippen LogP contribution in [-0.4, -0.2) is 11.0 Å². The maximum Gasteiger partial charge on any atom is 0.170 e. The lowest BCUT2D eigenvalue weighted by molar-refractivity contribution is 0.306. The molecule has 0 heterocycles. The Labute approximate surface area is 118 Å². The third-order valence-electron chi connectivity index (χ3n) is 2.92. The molecule has 3 N–H and O–H groups in total. The van der Waals surface area contributed by atoms with Gasteiger partial charge in [0.25, 0.3) is 0 Å². The summed E-state index contributed by atoms with van der Waals surface area (Å²) < 4.78 is 5.75. The van der Waals surface area contributed by atoms with Crippen LogP contribution in [0.1, 0.15) is 22.3 Å². The van der Waals surface area contributed by atoms with E-state index in [2.05, 4.69) is 37.2 Å². The molecule has 0 fully saturated rings. The largest absolute Gasteiger partial charge is 0.489 e. The Morgan fingerprint density at radius 2 is 1.85 bits per heavy atom. The van der Waals surface area contributed by atoms with Crippen LogP contribution < -0.4 is 10.5 Å². The van der Waals surface area contributed by atoms with Gasteiger partial charge in [-0.2, -0.15) is 0 Å². The first-order valence-electron chi connectivity index (χ1n) is 6.36. The molecule has 0 aliphatic carbocycles. The topological polar surface area (TPSA) is 67.8 Å². The number of rotatable bonds is 4. The molecule has 0 atom stereocenters. The zero-order valence-electron chi connectivity index (χ0n) is 11.6. The van der Waals surface area contributed by atoms with Gasteiger partial charge in [0, 0.05) is 5.56 Å². The zero-order chi connectivity index (χ0) is 14.5. The van der Waals surface area contributed by atoms with Gasteiger partial charge in [-0.3, -0.25) is 0 Å². The number of oxime groups is 1. The van der Waals surface area contributed by atoms with Crippen molar-refractivity contribution in [1.29, 1.82) is 0 Å². The van der Waals surface area contributed by atoms with Gasteiger partial charge in [0.1, 0.15) is 12.4 Å². The van der Waals surface area contributed by atoms with Gasteiger partial charge < -0.3 is 15.7 Å². The molecule has 4 heteroatoms. The predicted molar refractivity (Wildman–Crippen MR) is 79.2 cm³/mol. The summed E-state index contributed by atoms with van der Waals surface area (Å²) in [5, 5.41) is 11.7. The van der Waals surface area contributed by atoms with E-state index in [9.17, 15) is 0 Å². The van der Waals surface area contributed by atoms with Gasteiger partial charge in [0.05, 0.1) is 0 Å². The Kier molecular flexibility index (Phi) is 4.25. The molecule has 2 rings (SSSR count). The summed E-state index contributed by atoms with van der Waals surface area (Å²) in [6.07, 6.45) is 0. The van der Waals surface area contributed by atoms with E-state index >= 15 is 0 Å². The summed E-state index contributed by atoms with van der Waals surface area (Å²) >= 11 is 0. The van der Waals surface area contributed by atoms with Crippen LogP contribution in [-0.2, 0) is 6.61 Å². The Hall–Kier alpha value is -2.49. The second-order valence-corrected chi connectivity index (χ2v) is 4.80. The SMILES string of the molecule is Cc1cc(C)cc(COc2cccc(/C(N)=N/O)c2)c1. The lowest BCUT2D eigenvalue weighted by Gasteiger charge is -2.09. The first-order valence-corrected chi connectivity index (χ1v) is 6.36. The average Bonchev–Trinajstić information content (AvgIpc) is 2.43. The molecule has 0 bridgehead atoms. The third kappa shape index (κ3) is 3.51. The molecule has 0 saturated carbocycles. The molecule has 104 valence electrons. The summed E-state index contributed by atoms with van der Waals surface area (Å²) in [5.41, 5.74) is 9.74. The molecule has 0 aromatic heterocycles. The van der Waals surface area contributed by atoms with Crippen molar-refractivity contribution in [3.63, 3.8) is 0 Å². The first kappa shape index (κ1) is 13.9. The van der Waals surface area contributed by atoms with Gasteiger partial charge in [-0.15, -0.1) is 0 Å². The molecule has 0 radical (unpaired) electrons. The van der Waals surface area contributed by atoms with Crippen molar-refractivity contribution >= 4 is 5.84 Å².